The van der Waals surface area contributed by atoms with Crippen molar-refractivity contribution in [1.82, 2.24) is 30.2 Å². The van der Waals surface area contributed by atoms with Gasteiger partial charge in [-0.25, -0.2) is 10.0 Å². The predicted molar refractivity (Wildman–Crippen MR) is 217 cm³/mol. The lowest BCUT2D eigenvalue weighted by Gasteiger charge is -2.35. The molecule has 1 saturated heterocycles. The number of hydrogen-bond donors (Lipinski definition) is 3. The Kier molecular flexibility index (Phi) is 10.6. The van der Waals surface area contributed by atoms with Crippen molar-refractivity contribution in [2.24, 2.45) is 11.3 Å². The van der Waals surface area contributed by atoms with Gasteiger partial charge in [0.05, 0.1) is 18.0 Å². The van der Waals surface area contributed by atoms with E-state index in [-0.39, 0.29) is 36.5 Å². The molecule has 296 valence electrons. The van der Waals surface area contributed by atoms with Gasteiger partial charge in [-0.15, -0.1) is 0 Å². The number of phenolic OH excluding ortho intramolecular Hbond substituents is 1. The Morgan fingerprint density at radius 3 is 2.61 bits per heavy atom. The number of nitrogens with one attached hydrogen (secondary N) is 2. The number of aromatic nitrogens is 2. The zero-order chi connectivity index (χ0) is 40.1. The molecule has 2 amide bonds. The summed E-state index contributed by atoms with van der Waals surface area (Å²) in [4.78, 5) is 49.0. The monoisotopic (exact) mass is 762 g/mol. The van der Waals surface area contributed by atoms with Crippen molar-refractivity contribution in [3.63, 3.8) is 0 Å². The van der Waals surface area contributed by atoms with Gasteiger partial charge in [0.2, 0.25) is 6.21 Å². The number of pyridine rings is 1. The van der Waals surface area contributed by atoms with Gasteiger partial charge in [-0.2, -0.15) is 0 Å². The molecule has 5 heterocycles. The summed E-state index contributed by atoms with van der Waals surface area (Å²) in [6, 6.07) is 14.2. The van der Waals surface area contributed by atoms with E-state index in [9.17, 15) is 19.5 Å². The van der Waals surface area contributed by atoms with Gasteiger partial charge in [0.1, 0.15) is 24.9 Å². The molecule has 0 spiro atoms. The number of carbonyl (C=O) groups is 3. The molecule has 0 unspecified atom stereocenters. The number of carbonyl (C=O) groups excluding carboxylic acids is 3. The summed E-state index contributed by atoms with van der Waals surface area (Å²) in [5.74, 6) is -0.988. The smallest absolute Gasteiger partial charge is 0.324 e. The largest absolute Gasteiger partial charge is 0.508 e. The Balaban J connectivity index is 1.38. The Morgan fingerprint density at radius 1 is 1.14 bits per heavy atom. The van der Waals surface area contributed by atoms with E-state index in [1.54, 1.807) is 12.1 Å². The van der Waals surface area contributed by atoms with Gasteiger partial charge in [0.15, 0.2) is 0 Å². The molecule has 0 radical (unpaired) electrons. The molecule has 1 fully saturated rings. The SMILES string of the molecule is CCn1c(-c2cccnc2CN(C)C)c2c3cc(ccc31)-c1cc(O)cc(c1)C[C@H](NC(=O)[C@@]1(C(C)C)C=[N+]1C)C(=O)N1CCC[C@H](N1)C(=O)OCC(C)(C)C2. The quantitative estimate of drug-likeness (QED) is 0.179. The Labute approximate surface area is 329 Å². The molecule has 6 bridgehead atoms. The molecule has 0 aliphatic carbocycles. The second-order valence-electron chi connectivity index (χ2n) is 17.1. The van der Waals surface area contributed by atoms with Crippen molar-refractivity contribution in [3.05, 3.63) is 71.5 Å². The summed E-state index contributed by atoms with van der Waals surface area (Å²) >= 11 is 0. The van der Waals surface area contributed by atoms with Crippen LogP contribution in [0.5, 0.6) is 5.75 Å². The summed E-state index contributed by atoms with van der Waals surface area (Å²) < 4.78 is 10.3. The van der Waals surface area contributed by atoms with Gasteiger partial charge in [-0.1, -0.05) is 39.8 Å². The number of rotatable bonds is 7. The van der Waals surface area contributed by atoms with Gasteiger partial charge in [0.25, 0.3) is 5.91 Å². The number of ether oxygens (including phenoxy) is 1. The number of nitrogens with zero attached hydrogens (tertiary/aromatic N) is 5. The van der Waals surface area contributed by atoms with E-state index < -0.39 is 29.0 Å². The lowest BCUT2D eigenvalue weighted by molar-refractivity contribution is -0.468. The van der Waals surface area contributed by atoms with Crippen LogP contribution in [0.25, 0.3) is 33.3 Å². The van der Waals surface area contributed by atoms with Crippen LogP contribution in [0.2, 0.25) is 0 Å². The zero-order valence-corrected chi connectivity index (χ0v) is 34.0. The Bertz CT molecular complexity index is 2220. The fourth-order valence-electron chi connectivity index (χ4n) is 8.67. The van der Waals surface area contributed by atoms with Crippen LogP contribution < -0.4 is 10.7 Å². The third-order valence-corrected chi connectivity index (χ3v) is 11.6. The third kappa shape index (κ3) is 7.44. The fraction of sp³-hybridized carbons (Fsp3) is 0.477. The van der Waals surface area contributed by atoms with Crippen molar-refractivity contribution >= 4 is 34.9 Å². The minimum Gasteiger partial charge on any atom is -0.508 e. The van der Waals surface area contributed by atoms with Gasteiger partial charge in [-0.3, -0.25) is 24.4 Å². The van der Waals surface area contributed by atoms with E-state index in [0.29, 0.717) is 37.9 Å². The number of phenols is 1. The maximum atomic E-state index is 14.4. The average Bonchev–Trinajstić information content (AvgIpc) is 3.77. The molecular weight excluding hydrogens is 707 g/mol. The van der Waals surface area contributed by atoms with Crippen molar-refractivity contribution in [1.29, 1.82) is 0 Å². The lowest BCUT2D eigenvalue weighted by atomic mass is 9.84. The normalized spacial score (nSPS) is 22.5. The van der Waals surface area contributed by atoms with Crippen molar-refractivity contribution in [3.8, 4) is 28.1 Å². The molecule has 3 atom stereocenters. The standard InChI is InChI=1S/C44H55N7O5/c1-9-50-38-15-14-29-22-33(38)34(39(50)32-12-10-16-45-37(32)24-48(6)7)23-43(4,5)26-56-41(54)35-13-11-17-51(47-35)40(53)36(20-28-18-30(29)21-31(52)19-28)46-42(55)44(27(2)3)25-49(44)8/h10,12,14-16,18-19,21-22,25,27,35-36,47H,9,11,13,17,20,23-24,26H2,1-8H3,(H-,46,52,55)/p+1/t35-,36-,44-/m0/s1. The molecule has 12 heteroatoms. The van der Waals surface area contributed by atoms with Gasteiger partial charge < -0.3 is 24.6 Å². The molecule has 4 aromatic rings. The number of cyclic esters (lactones) is 1. The number of fused-ring (bicyclic) bond motifs is 6. The summed E-state index contributed by atoms with van der Waals surface area (Å²) in [7, 11) is 5.94. The summed E-state index contributed by atoms with van der Waals surface area (Å²) in [6.07, 6.45) is 5.55. The van der Waals surface area contributed by atoms with Crippen LogP contribution in [0.1, 0.15) is 64.3 Å². The predicted octanol–water partition coefficient (Wildman–Crippen LogP) is 4.93. The number of hydrazine groups is 1. The highest BCUT2D eigenvalue weighted by atomic mass is 16.5. The maximum Gasteiger partial charge on any atom is 0.324 e. The van der Waals surface area contributed by atoms with Crippen LogP contribution >= 0.6 is 0 Å². The van der Waals surface area contributed by atoms with Crippen LogP contribution in [0, 0.1) is 11.3 Å². The molecule has 7 rings (SSSR count). The van der Waals surface area contributed by atoms with E-state index in [1.807, 2.05) is 64.1 Å². The minimum atomic E-state index is -0.971. The second-order valence-corrected chi connectivity index (χ2v) is 17.1. The van der Waals surface area contributed by atoms with Crippen LogP contribution in [0.15, 0.2) is 54.7 Å². The van der Waals surface area contributed by atoms with E-state index in [1.165, 1.54) is 5.01 Å². The van der Waals surface area contributed by atoms with Crippen molar-refractivity contribution < 1.29 is 28.8 Å². The number of aromatic hydroxyl groups is 1. The number of esters is 1. The van der Waals surface area contributed by atoms with Gasteiger partial charge >= 0.3 is 17.4 Å². The first-order chi connectivity index (χ1) is 26.6. The van der Waals surface area contributed by atoms with Gasteiger partial charge in [-0.05, 0) is 98.9 Å². The topological polar surface area (TPSA) is 132 Å². The highest BCUT2D eigenvalue weighted by molar-refractivity contribution is 6.07. The van der Waals surface area contributed by atoms with Crippen molar-refractivity contribution in [2.45, 2.75) is 91.0 Å². The molecule has 56 heavy (non-hydrogen) atoms. The van der Waals surface area contributed by atoms with Crippen LogP contribution in [-0.2, 0) is 45.1 Å². The Morgan fingerprint density at radius 2 is 1.91 bits per heavy atom. The Hall–Kier alpha value is -5.07. The van der Waals surface area contributed by atoms with E-state index in [0.717, 1.165) is 51.1 Å². The van der Waals surface area contributed by atoms with E-state index >= 15 is 0 Å². The number of amides is 2. The summed E-state index contributed by atoms with van der Waals surface area (Å²) in [5.41, 5.74) is 9.58. The highest BCUT2D eigenvalue weighted by Gasteiger charge is 2.63. The first kappa shape index (κ1) is 39.2. The van der Waals surface area contributed by atoms with Crippen LogP contribution in [0.3, 0.4) is 0 Å². The van der Waals surface area contributed by atoms with Crippen LogP contribution in [0.4, 0.5) is 0 Å². The number of likely N-dealkylation sites (N-methyl/N-ethyl adjacent to an activating group) is 1. The number of benzene rings is 2. The van der Waals surface area contributed by atoms with Crippen LogP contribution in [-0.4, -0.2) is 105 Å². The number of hydrogen-bond acceptors (Lipinski definition) is 8. The van der Waals surface area contributed by atoms with E-state index in [2.05, 4.69) is 65.2 Å². The average molecular weight is 763 g/mol. The molecule has 2 aromatic heterocycles. The highest BCUT2D eigenvalue weighted by Crippen LogP contribution is 2.41. The first-order valence-corrected chi connectivity index (χ1v) is 19.8. The molecular formula is C44H56N7O5+. The molecule has 12 nitrogen and oxygen atoms in total. The maximum absolute atomic E-state index is 14.4. The third-order valence-electron chi connectivity index (χ3n) is 11.6. The molecule has 3 aliphatic rings. The zero-order valence-electron chi connectivity index (χ0n) is 34.0. The van der Waals surface area contributed by atoms with Gasteiger partial charge in [0, 0.05) is 60.1 Å². The van der Waals surface area contributed by atoms with Crippen molar-refractivity contribution in [2.75, 3.05) is 34.3 Å². The minimum absolute atomic E-state index is 0.0219. The molecule has 0 saturated carbocycles. The molecule has 3 N–H and O–H groups in total. The first-order valence-electron chi connectivity index (χ1n) is 19.8. The number of aryl methyl sites for hydroxylation is 1. The fourth-order valence-corrected chi connectivity index (χ4v) is 8.67. The molecule has 3 aliphatic heterocycles. The lowest BCUT2D eigenvalue weighted by Crippen LogP contribution is -2.62. The van der Waals surface area contributed by atoms with E-state index in [4.69, 9.17) is 9.72 Å². The summed E-state index contributed by atoms with van der Waals surface area (Å²) in [6.45, 7) is 12.3. The molecule has 2 aromatic carbocycles. The second kappa shape index (κ2) is 15.1. The summed E-state index contributed by atoms with van der Waals surface area (Å²) in [5, 5.41) is 16.8.